The van der Waals surface area contributed by atoms with E-state index in [1.165, 1.54) is 0 Å². The summed E-state index contributed by atoms with van der Waals surface area (Å²) in [5.74, 6) is -0.0878. The van der Waals surface area contributed by atoms with Gasteiger partial charge in [-0.15, -0.1) is 0 Å². The van der Waals surface area contributed by atoms with Crippen LogP contribution in [-0.4, -0.2) is 17.3 Å². The Bertz CT molecular complexity index is 398. The van der Waals surface area contributed by atoms with Gasteiger partial charge in [-0.2, -0.15) is 0 Å². The van der Waals surface area contributed by atoms with Crippen molar-refractivity contribution in [2.24, 2.45) is 0 Å². The van der Waals surface area contributed by atoms with Crippen LogP contribution >= 0.6 is 43.5 Å². The molecule has 94 valence electrons. The average Bonchev–Trinajstić information content (AvgIpc) is 2.32. The van der Waals surface area contributed by atoms with Crippen LogP contribution in [0.15, 0.2) is 22.7 Å². The quantitative estimate of drug-likeness (QED) is 0.751. The molecule has 5 heteroatoms. The molecule has 0 spiro atoms. The van der Waals surface area contributed by atoms with Gasteiger partial charge >= 0.3 is 0 Å². The number of hydrogen-bond acceptors (Lipinski definition) is 1. The predicted octanol–water partition coefficient (Wildman–Crippen LogP) is 4.40. The Morgan fingerprint density at radius 3 is 2.82 bits per heavy atom. The number of carbonyl (C=O) groups excluding carboxylic acids is 1. The minimum atomic E-state index is -0.0878. The maximum atomic E-state index is 11.8. The number of rotatable bonds is 5. The molecule has 0 aliphatic carbocycles. The highest BCUT2D eigenvalue weighted by Gasteiger charge is 2.08. The van der Waals surface area contributed by atoms with Crippen LogP contribution in [0.5, 0.6) is 0 Å². The normalized spacial score (nSPS) is 12.2. The van der Waals surface area contributed by atoms with Gasteiger partial charge in [0.05, 0.1) is 5.02 Å². The summed E-state index contributed by atoms with van der Waals surface area (Å²) in [6.45, 7) is 2.77. The molecule has 0 aliphatic heterocycles. The lowest BCUT2D eigenvalue weighted by molar-refractivity contribution is 0.0953. The van der Waals surface area contributed by atoms with Crippen LogP contribution in [0.4, 0.5) is 0 Å². The van der Waals surface area contributed by atoms with Crippen molar-refractivity contribution in [3.63, 3.8) is 0 Å². The molecule has 17 heavy (non-hydrogen) atoms. The SMILES string of the molecule is CCC(Br)CCNC(=O)c1ccc(Br)c(Cl)c1. The Morgan fingerprint density at radius 2 is 2.24 bits per heavy atom. The number of amides is 1. The number of benzene rings is 1. The van der Waals surface area contributed by atoms with Gasteiger partial charge in [0.1, 0.15) is 0 Å². The van der Waals surface area contributed by atoms with Gasteiger partial charge in [0.15, 0.2) is 0 Å². The topological polar surface area (TPSA) is 29.1 Å². The molecule has 1 aromatic carbocycles. The fourth-order valence-corrected chi connectivity index (χ4v) is 1.94. The summed E-state index contributed by atoms with van der Waals surface area (Å²) in [4.78, 5) is 12.2. The first-order valence-electron chi connectivity index (χ1n) is 5.42. The van der Waals surface area contributed by atoms with Gasteiger partial charge in [0.2, 0.25) is 0 Å². The first-order valence-corrected chi connectivity index (χ1v) is 7.50. The summed E-state index contributed by atoms with van der Waals surface area (Å²) in [6, 6.07) is 5.18. The molecular formula is C12H14Br2ClNO. The average molecular weight is 384 g/mol. The summed E-state index contributed by atoms with van der Waals surface area (Å²) < 4.78 is 0.794. The van der Waals surface area contributed by atoms with Gasteiger partial charge in [0.25, 0.3) is 5.91 Å². The van der Waals surface area contributed by atoms with Crippen LogP contribution in [0, 0.1) is 0 Å². The molecule has 0 radical (unpaired) electrons. The van der Waals surface area contributed by atoms with Crippen LogP contribution in [0.2, 0.25) is 5.02 Å². The summed E-state index contributed by atoms with van der Waals surface area (Å²) in [5, 5.41) is 3.41. The van der Waals surface area contributed by atoms with Crippen molar-refractivity contribution in [3.05, 3.63) is 33.3 Å². The van der Waals surface area contributed by atoms with Crippen LogP contribution in [-0.2, 0) is 0 Å². The molecule has 0 aliphatic rings. The number of carbonyl (C=O) groups is 1. The molecule has 1 rings (SSSR count). The smallest absolute Gasteiger partial charge is 0.251 e. The molecule has 1 amide bonds. The first-order chi connectivity index (χ1) is 8.04. The largest absolute Gasteiger partial charge is 0.352 e. The molecule has 2 nitrogen and oxygen atoms in total. The zero-order chi connectivity index (χ0) is 12.8. The third-order valence-corrected chi connectivity index (χ3v) is 4.71. The summed E-state index contributed by atoms with van der Waals surface area (Å²) in [5.41, 5.74) is 0.584. The Labute approximate surface area is 123 Å². The predicted molar refractivity (Wildman–Crippen MR) is 79.1 cm³/mol. The van der Waals surface area contributed by atoms with Crippen molar-refractivity contribution in [1.29, 1.82) is 0 Å². The lowest BCUT2D eigenvalue weighted by Gasteiger charge is -2.08. The molecule has 0 saturated carbocycles. The Kier molecular flexibility index (Phi) is 6.52. The highest BCUT2D eigenvalue weighted by atomic mass is 79.9. The monoisotopic (exact) mass is 381 g/mol. The van der Waals surface area contributed by atoms with Crippen LogP contribution < -0.4 is 5.32 Å². The lowest BCUT2D eigenvalue weighted by Crippen LogP contribution is -2.25. The van der Waals surface area contributed by atoms with E-state index in [0.717, 1.165) is 17.3 Å². The van der Waals surface area contributed by atoms with Crippen molar-refractivity contribution >= 4 is 49.4 Å². The molecule has 1 atom stereocenters. The van der Waals surface area contributed by atoms with E-state index in [0.29, 0.717) is 22.0 Å². The van der Waals surface area contributed by atoms with Crippen molar-refractivity contribution in [2.75, 3.05) is 6.54 Å². The second-order valence-electron chi connectivity index (χ2n) is 3.68. The number of halogens is 3. The van der Waals surface area contributed by atoms with Crippen LogP contribution in [0.25, 0.3) is 0 Å². The van der Waals surface area contributed by atoms with Crippen molar-refractivity contribution in [1.82, 2.24) is 5.32 Å². The fourth-order valence-electron chi connectivity index (χ4n) is 1.29. The fraction of sp³-hybridized carbons (Fsp3) is 0.417. The van der Waals surface area contributed by atoms with Crippen molar-refractivity contribution < 1.29 is 4.79 Å². The third-order valence-electron chi connectivity index (χ3n) is 2.37. The molecule has 0 fully saturated rings. The second-order valence-corrected chi connectivity index (χ2v) is 6.24. The first kappa shape index (κ1) is 15.0. The zero-order valence-electron chi connectivity index (χ0n) is 9.47. The lowest BCUT2D eigenvalue weighted by atomic mass is 10.2. The van der Waals surface area contributed by atoms with Gasteiger partial charge in [-0.3, -0.25) is 4.79 Å². The number of alkyl halides is 1. The Hall–Kier alpha value is -0.0600. The Balaban J connectivity index is 2.50. The number of hydrogen-bond donors (Lipinski definition) is 1. The highest BCUT2D eigenvalue weighted by Crippen LogP contribution is 2.23. The molecule has 0 aromatic heterocycles. The summed E-state index contributed by atoms with van der Waals surface area (Å²) >= 11 is 12.7. The van der Waals surface area contributed by atoms with Crippen molar-refractivity contribution in [3.8, 4) is 0 Å². The molecule has 1 N–H and O–H groups in total. The van der Waals surface area contributed by atoms with E-state index in [2.05, 4.69) is 44.1 Å². The van der Waals surface area contributed by atoms with E-state index in [4.69, 9.17) is 11.6 Å². The summed E-state index contributed by atoms with van der Waals surface area (Å²) in [6.07, 6.45) is 1.98. The molecule has 0 bridgehead atoms. The molecule has 0 heterocycles. The molecular weight excluding hydrogens is 369 g/mol. The zero-order valence-corrected chi connectivity index (χ0v) is 13.4. The molecule has 0 saturated heterocycles. The number of nitrogens with one attached hydrogen (secondary N) is 1. The van der Waals surface area contributed by atoms with Gasteiger partial charge < -0.3 is 5.32 Å². The minimum absolute atomic E-state index is 0.0878. The minimum Gasteiger partial charge on any atom is -0.352 e. The van der Waals surface area contributed by atoms with Crippen LogP contribution in [0.3, 0.4) is 0 Å². The van der Waals surface area contributed by atoms with E-state index in [1.54, 1.807) is 18.2 Å². The molecule has 1 aromatic rings. The van der Waals surface area contributed by atoms with Gasteiger partial charge in [-0.25, -0.2) is 0 Å². The van der Waals surface area contributed by atoms with E-state index in [-0.39, 0.29) is 5.91 Å². The van der Waals surface area contributed by atoms with E-state index in [9.17, 15) is 4.79 Å². The van der Waals surface area contributed by atoms with Gasteiger partial charge in [-0.05, 0) is 47.0 Å². The maximum absolute atomic E-state index is 11.8. The van der Waals surface area contributed by atoms with E-state index < -0.39 is 0 Å². The third kappa shape index (κ3) is 4.98. The summed E-state index contributed by atoms with van der Waals surface area (Å²) in [7, 11) is 0. The Morgan fingerprint density at radius 1 is 1.53 bits per heavy atom. The van der Waals surface area contributed by atoms with Gasteiger partial charge in [-0.1, -0.05) is 34.5 Å². The highest BCUT2D eigenvalue weighted by molar-refractivity contribution is 9.10. The standard InChI is InChI=1S/C12H14Br2ClNO/c1-2-9(13)5-6-16-12(17)8-3-4-10(14)11(15)7-8/h3-4,7,9H,2,5-6H2,1H3,(H,16,17). The van der Waals surface area contributed by atoms with E-state index >= 15 is 0 Å². The van der Waals surface area contributed by atoms with Crippen molar-refractivity contribution in [2.45, 2.75) is 24.6 Å². The second kappa shape index (κ2) is 7.39. The van der Waals surface area contributed by atoms with E-state index in [1.807, 2.05) is 0 Å². The van der Waals surface area contributed by atoms with Gasteiger partial charge in [0, 0.05) is 21.4 Å². The maximum Gasteiger partial charge on any atom is 0.251 e. The van der Waals surface area contributed by atoms with Crippen LogP contribution in [0.1, 0.15) is 30.1 Å². The molecule has 1 unspecified atom stereocenters.